The maximum absolute atomic E-state index is 5.51. The predicted molar refractivity (Wildman–Crippen MR) is 141 cm³/mol. The summed E-state index contributed by atoms with van der Waals surface area (Å²) < 4.78 is 5.51. The van der Waals surface area contributed by atoms with Crippen molar-refractivity contribution in [1.82, 2.24) is 30.4 Å². The summed E-state index contributed by atoms with van der Waals surface area (Å²) >= 11 is 0. The van der Waals surface area contributed by atoms with E-state index in [2.05, 4.69) is 54.1 Å². The summed E-state index contributed by atoms with van der Waals surface area (Å²) in [6, 6.07) is 2.36. The highest BCUT2D eigenvalue weighted by Crippen LogP contribution is 2.12. The van der Waals surface area contributed by atoms with Crippen LogP contribution in [0.2, 0.25) is 0 Å². The monoisotopic (exact) mass is 560 g/mol. The second-order valence-corrected chi connectivity index (χ2v) is 8.57. The van der Waals surface area contributed by atoms with Crippen molar-refractivity contribution in [3.05, 3.63) is 18.5 Å². The number of morpholine rings is 1. The number of guanidine groups is 1. The minimum atomic E-state index is 0. The molecule has 32 heavy (non-hydrogen) atoms. The number of piperazine rings is 1. The molecular weight excluding hydrogens is 519 g/mol. The maximum atomic E-state index is 5.51. The molecule has 2 saturated heterocycles. The van der Waals surface area contributed by atoms with E-state index in [4.69, 9.17) is 4.74 Å². The second kappa shape index (κ2) is 14.8. The molecular formula is C22H41IN8O. The number of anilines is 1. The van der Waals surface area contributed by atoms with E-state index in [0.717, 1.165) is 90.4 Å². The Bertz CT molecular complexity index is 649. The van der Waals surface area contributed by atoms with Gasteiger partial charge in [0.05, 0.1) is 13.2 Å². The highest BCUT2D eigenvalue weighted by atomic mass is 127. The third kappa shape index (κ3) is 8.60. The number of aliphatic imine (C=N–C) groups is 1. The minimum Gasteiger partial charge on any atom is -0.379 e. The van der Waals surface area contributed by atoms with Crippen LogP contribution < -0.4 is 15.5 Å². The lowest BCUT2D eigenvalue weighted by Crippen LogP contribution is -2.52. The quantitative estimate of drug-likeness (QED) is 0.202. The summed E-state index contributed by atoms with van der Waals surface area (Å²) in [6.07, 6.45) is 4.72. The van der Waals surface area contributed by atoms with Crippen molar-refractivity contribution < 1.29 is 4.74 Å². The van der Waals surface area contributed by atoms with Gasteiger partial charge in [-0.05, 0) is 24.9 Å². The molecule has 9 nitrogen and oxygen atoms in total. The fourth-order valence-corrected chi connectivity index (χ4v) is 4.25. The van der Waals surface area contributed by atoms with Crippen LogP contribution in [-0.2, 0) is 4.74 Å². The molecule has 3 heterocycles. The van der Waals surface area contributed by atoms with E-state index >= 15 is 0 Å². The molecule has 0 aliphatic carbocycles. The van der Waals surface area contributed by atoms with E-state index in [1.807, 2.05) is 25.5 Å². The molecule has 1 aromatic rings. The van der Waals surface area contributed by atoms with Gasteiger partial charge < -0.3 is 20.3 Å². The highest BCUT2D eigenvalue weighted by Gasteiger charge is 2.24. The van der Waals surface area contributed by atoms with Gasteiger partial charge in [0, 0.05) is 77.8 Å². The molecule has 10 heteroatoms. The third-order valence-electron chi connectivity index (χ3n) is 6.14. The predicted octanol–water partition coefficient (Wildman–Crippen LogP) is 1.13. The number of hydrogen-bond acceptors (Lipinski definition) is 7. The summed E-state index contributed by atoms with van der Waals surface area (Å²) in [6.45, 7) is 15.3. The molecule has 1 atom stereocenters. The normalized spacial score (nSPS) is 19.5. The smallest absolute Gasteiger partial charge is 0.225 e. The lowest BCUT2D eigenvalue weighted by molar-refractivity contribution is 0.00752. The van der Waals surface area contributed by atoms with Crippen molar-refractivity contribution in [3.8, 4) is 0 Å². The Kier molecular flexibility index (Phi) is 12.5. The number of halogens is 1. The van der Waals surface area contributed by atoms with Crippen LogP contribution in [0.25, 0.3) is 0 Å². The molecule has 2 aliphatic heterocycles. The van der Waals surface area contributed by atoms with Gasteiger partial charge in [-0.25, -0.2) is 9.97 Å². The molecule has 0 aromatic carbocycles. The van der Waals surface area contributed by atoms with Crippen LogP contribution in [0.1, 0.15) is 20.3 Å². The zero-order chi connectivity index (χ0) is 21.9. The number of nitrogens with one attached hydrogen (secondary N) is 2. The van der Waals surface area contributed by atoms with Gasteiger partial charge in [0.1, 0.15) is 0 Å². The zero-order valence-electron chi connectivity index (χ0n) is 19.9. The molecule has 1 unspecified atom stereocenters. The van der Waals surface area contributed by atoms with Crippen LogP contribution in [0.3, 0.4) is 0 Å². The number of hydrogen-bond donors (Lipinski definition) is 2. The summed E-state index contributed by atoms with van der Waals surface area (Å²) in [5.74, 6) is 2.32. The molecule has 2 fully saturated rings. The van der Waals surface area contributed by atoms with E-state index in [1.165, 1.54) is 0 Å². The van der Waals surface area contributed by atoms with Crippen molar-refractivity contribution >= 4 is 35.9 Å². The van der Waals surface area contributed by atoms with E-state index in [1.54, 1.807) is 0 Å². The highest BCUT2D eigenvalue weighted by molar-refractivity contribution is 14.0. The van der Waals surface area contributed by atoms with Gasteiger partial charge in [-0.3, -0.25) is 14.8 Å². The van der Waals surface area contributed by atoms with E-state index in [0.29, 0.717) is 12.0 Å². The molecule has 2 N–H and O–H groups in total. The summed E-state index contributed by atoms with van der Waals surface area (Å²) in [5.41, 5.74) is 0. The first-order chi connectivity index (χ1) is 15.2. The van der Waals surface area contributed by atoms with E-state index < -0.39 is 0 Å². The van der Waals surface area contributed by atoms with Crippen LogP contribution in [0, 0.1) is 5.92 Å². The van der Waals surface area contributed by atoms with Gasteiger partial charge in [0.2, 0.25) is 5.95 Å². The van der Waals surface area contributed by atoms with E-state index in [-0.39, 0.29) is 24.0 Å². The Hall–Kier alpha value is -1.24. The van der Waals surface area contributed by atoms with Crippen LogP contribution in [0.15, 0.2) is 23.5 Å². The summed E-state index contributed by atoms with van der Waals surface area (Å²) in [5, 5.41) is 7.01. The van der Waals surface area contributed by atoms with Gasteiger partial charge in [-0.15, -0.1) is 24.0 Å². The van der Waals surface area contributed by atoms with Crippen molar-refractivity contribution in [2.45, 2.75) is 26.3 Å². The summed E-state index contributed by atoms with van der Waals surface area (Å²) in [4.78, 5) is 20.4. The number of rotatable bonds is 9. The minimum absolute atomic E-state index is 0. The van der Waals surface area contributed by atoms with E-state index in [9.17, 15) is 0 Å². The van der Waals surface area contributed by atoms with Crippen molar-refractivity contribution in [2.75, 3.05) is 84.1 Å². The Morgan fingerprint density at radius 1 is 1.06 bits per heavy atom. The second-order valence-electron chi connectivity index (χ2n) is 8.57. The zero-order valence-corrected chi connectivity index (χ0v) is 22.2. The lowest BCUT2D eigenvalue weighted by Gasteiger charge is -2.37. The first-order valence-electron chi connectivity index (χ1n) is 11.7. The van der Waals surface area contributed by atoms with Crippen molar-refractivity contribution in [2.24, 2.45) is 10.9 Å². The number of aromatic nitrogens is 2. The number of nitrogens with zero attached hydrogens (tertiary/aromatic N) is 6. The molecule has 3 rings (SSSR count). The molecule has 0 bridgehead atoms. The lowest BCUT2D eigenvalue weighted by atomic mass is 10.0. The Morgan fingerprint density at radius 3 is 2.38 bits per heavy atom. The SMILES string of the molecule is CN=C(NCCCN1CCN(c2ncccn2)CC1)NCC(C(C)C)N1CCOCC1.I. The Balaban J connectivity index is 0.00000363. The molecule has 0 radical (unpaired) electrons. The van der Waals surface area contributed by atoms with Gasteiger partial charge in [-0.1, -0.05) is 13.8 Å². The maximum Gasteiger partial charge on any atom is 0.225 e. The average molecular weight is 561 g/mol. The van der Waals surface area contributed by atoms with Gasteiger partial charge in [0.15, 0.2) is 5.96 Å². The first kappa shape index (κ1) is 27.0. The van der Waals surface area contributed by atoms with Crippen LogP contribution in [0.5, 0.6) is 0 Å². The molecule has 0 spiro atoms. The molecule has 182 valence electrons. The largest absolute Gasteiger partial charge is 0.379 e. The fourth-order valence-electron chi connectivity index (χ4n) is 4.25. The molecule has 0 saturated carbocycles. The van der Waals surface area contributed by atoms with Crippen LogP contribution in [0.4, 0.5) is 5.95 Å². The average Bonchev–Trinajstić information content (AvgIpc) is 2.82. The van der Waals surface area contributed by atoms with Gasteiger partial charge in [-0.2, -0.15) is 0 Å². The first-order valence-corrected chi connectivity index (χ1v) is 11.7. The third-order valence-corrected chi connectivity index (χ3v) is 6.14. The Morgan fingerprint density at radius 2 is 1.75 bits per heavy atom. The van der Waals surface area contributed by atoms with Crippen LogP contribution in [-0.4, -0.2) is 111 Å². The topological polar surface area (TPSA) is 81.2 Å². The van der Waals surface area contributed by atoms with Gasteiger partial charge >= 0.3 is 0 Å². The molecule has 0 amide bonds. The Labute approximate surface area is 210 Å². The fraction of sp³-hybridized carbons (Fsp3) is 0.773. The van der Waals surface area contributed by atoms with Crippen molar-refractivity contribution in [1.29, 1.82) is 0 Å². The molecule has 1 aromatic heterocycles. The molecule has 2 aliphatic rings. The van der Waals surface area contributed by atoms with Crippen molar-refractivity contribution in [3.63, 3.8) is 0 Å². The van der Waals surface area contributed by atoms with Crippen LogP contribution >= 0.6 is 24.0 Å². The number of ether oxygens (including phenoxy) is 1. The summed E-state index contributed by atoms with van der Waals surface area (Å²) in [7, 11) is 1.85. The standard InChI is InChI=1S/C22H40N8O.HI/c1-19(2)20(29-14-16-31-17-15-29)18-27-21(23-3)24-8-5-9-28-10-12-30(13-11-28)22-25-6-4-7-26-22;/h4,6-7,19-20H,5,8-18H2,1-3H3,(H2,23,24,27);1H. The van der Waals surface area contributed by atoms with Gasteiger partial charge in [0.25, 0.3) is 0 Å².